The van der Waals surface area contributed by atoms with Gasteiger partial charge in [0, 0.05) is 13.1 Å². The van der Waals surface area contributed by atoms with Crippen LogP contribution in [0.15, 0.2) is 42.5 Å². The Bertz CT molecular complexity index is 831. The van der Waals surface area contributed by atoms with Crippen molar-refractivity contribution in [3.63, 3.8) is 0 Å². The number of nitrogens with one attached hydrogen (secondary N) is 1. The standard InChI is InChI=1S/C24H32N2O3/c1-6-13-25-24(28)20(5)26(15-21-10-7-17(2)8-11-21)23(27)16-29-22-12-9-18(3)19(4)14-22/h7-12,14,20H,6,13,15-16H2,1-5H3,(H,25,28)/t20-/m0/s1. The lowest BCUT2D eigenvalue weighted by atomic mass is 10.1. The van der Waals surface area contributed by atoms with E-state index in [2.05, 4.69) is 5.32 Å². The summed E-state index contributed by atoms with van der Waals surface area (Å²) in [5.74, 6) is 0.279. The molecule has 156 valence electrons. The Kier molecular flexibility index (Phi) is 8.25. The summed E-state index contributed by atoms with van der Waals surface area (Å²) in [7, 11) is 0. The third-order valence-corrected chi connectivity index (χ3v) is 5.03. The van der Waals surface area contributed by atoms with Crippen LogP contribution in [0.4, 0.5) is 0 Å². The molecule has 5 heteroatoms. The highest BCUT2D eigenvalue weighted by molar-refractivity contribution is 5.87. The van der Waals surface area contributed by atoms with Gasteiger partial charge in [0.15, 0.2) is 6.61 Å². The Labute approximate surface area is 174 Å². The van der Waals surface area contributed by atoms with Crippen molar-refractivity contribution >= 4 is 11.8 Å². The molecule has 0 saturated carbocycles. The van der Waals surface area contributed by atoms with Crippen molar-refractivity contribution in [2.24, 2.45) is 0 Å². The topological polar surface area (TPSA) is 58.6 Å². The first kappa shape index (κ1) is 22.5. The van der Waals surface area contributed by atoms with E-state index in [9.17, 15) is 9.59 Å². The van der Waals surface area contributed by atoms with Crippen molar-refractivity contribution in [2.75, 3.05) is 13.2 Å². The van der Waals surface area contributed by atoms with Crippen molar-refractivity contribution in [3.8, 4) is 5.75 Å². The number of nitrogens with zero attached hydrogens (tertiary/aromatic N) is 1. The molecule has 0 spiro atoms. The van der Waals surface area contributed by atoms with Crippen LogP contribution < -0.4 is 10.1 Å². The number of aryl methyl sites for hydroxylation is 3. The highest BCUT2D eigenvalue weighted by atomic mass is 16.5. The molecule has 2 aromatic carbocycles. The lowest BCUT2D eigenvalue weighted by molar-refractivity contribution is -0.142. The average molecular weight is 397 g/mol. The molecular formula is C24H32N2O3. The van der Waals surface area contributed by atoms with E-state index in [-0.39, 0.29) is 18.4 Å². The highest BCUT2D eigenvalue weighted by Gasteiger charge is 2.26. The van der Waals surface area contributed by atoms with Crippen molar-refractivity contribution < 1.29 is 14.3 Å². The van der Waals surface area contributed by atoms with Gasteiger partial charge in [0.25, 0.3) is 5.91 Å². The van der Waals surface area contributed by atoms with Crippen molar-refractivity contribution in [1.29, 1.82) is 0 Å². The third-order valence-electron chi connectivity index (χ3n) is 5.03. The van der Waals surface area contributed by atoms with Gasteiger partial charge in [0.05, 0.1) is 0 Å². The van der Waals surface area contributed by atoms with E-state index in [0.717, 1.165) is 23.1 Å². The molecule has 0 aliphatic heterocycles. The van der Waals surface area contributed by atoms with E-state index in [1.807, 2.05) is 70.2 Å². The van der Waals surface area contributed by atoms with E-state index in [4.69, 9.17) is 4.74 Å². The summed E-state index contributed by atoms with van der Waals surface area (Å²) < 4.78 is 5.73. The molecule has 0 aliphatic carbocycles. The van der Waals surface area contributed by atoms with E-state index < -0.39 is 6.04 Å². The third kappa shape index (κ3) is 6.63. The predicted molar refractivity (Wildman–Crippen MR) is 116 cm³/mol. The van der Waals surface area contributed by atoms with Gasteiger partial charge in [-0.15, -0.1) is 0 Å². The van der Waals surface area contributed by atoms with E-state index in [1.54, 1.807) is 11.8 Å². The van der Waals surface area contributed by atoms with Gasteiger partial charge >= 0.3 is 0 Å². The van der Waals surface area contributed by atoms with Gasteiger partial charge < -0.3 is 15.0 Å². The van der Waals surface area contributed by atoms with Gasteiger partial charge in [-0.2, -0.15) is 0 Å². The fraction of sp³-hybridized carbons (Fsp3) is 0.417. The fourth-order valence-corrected chi connectivity index (χ4v) is 2.90. The van der Waals surface area contributed by atoms with Gasteiger partial charge in [-0.1, -0.05) is 42.8 Å². The first-order valence-corrected chi connectivity index (χ1v) is 10.1. The zero-order chi connectivity index (χ0) is 21.4. The largest absolute Gasteiger partial charge is 0.484 e. The molecular weight excluding hydrogens is 364 g/mol. The average Bonchev–Trinajstić information content (AvgIpc) is 2.71. The van der Waals surface area contributed by atoms with Crippen molar-refractivity contribution in [1.82, 2.24) is 10.2 Å². The smallest absolute Gasteiger partial charge is 0.261 e. The maximum absolute atomic E-state index is 13.0. The predicted octanol–water partition coefficient (Wildman–Crippen LogP) is 3.93. The molecule has 2 aromatic rings. The van der Waals surface area contributed by atoms with Crippen LogP contribution in [-0.4, -0.2) is 35.9 Å². The van der Waals surface area contributed by atoms with Gasteiger partial charge in [0.1, 0.15) is 11.8 Å². The maximum Gasteiger partial charge on any atom is 0.261 e. The summed E-state index contributed by atoms with van der Waals surface area (Å²) in [6.07, 6.45) is 0.847. The van der Waals surface area contributed by atoms with Crippen molar-refractivity contribution in [2.45, 2.75) is 53.6 Å². The number of hydrogen-bond acceptors (Lipinski definition) is 3. The van der Waals surface area contributed by atoms with Crippen LogP contribution in [0.3, 0.4) is 0 Å². The van der Waals surface area contributed by atoms with Crippen LogP contribution in [0.25, 0.3) is 0 Å². The van der Waals surface area contributed by atoms with Crippen molar-refractivity contribution in [3.05, 3.63) is 64.7 Å². The van der Waals surface area contributed by atoms with Crippen LogP contribution in [0, 0.1) is 20.8 Å². The van der Waals surface area contributed by atoms with Gasteiger partial charge in [-0.3, -0.25) is 9.59 Å². The Balaban J connectivity index is 2.13. The monoisotopic (exact) mass is 396 g/mol. The molecule has 0 heterocycles. The molecule has 1 N–H and O–H groups in total. The van der Waals surface area contributed by atoms with Gasteiger partial charge in [-0.05, 0) is 62.9 Å². The van der Waals surface area contributed by atoms with E-state index in [0.29, 0.717) is 18.8 Å². The summed E-state index contributed by atoms with van der Waals surface area (Å²) in [5, 5.41) is 2.88. The number of hydrogen-bond donors (Lipinski definition) is 1. The van der Waals surface area contributed by atoms with Crippen LogP contribution in [-0.2, 0) is 16.1 Å². The second-order valence-corrected chi connectivity index (χ2v) is 7.51. The summed E-state index contributed by atoms with van der Waals surface area (Å²) in [4.78, 5) is 27.1. The SMILES string of the molecule is CCCNC(=O)[C@H](C)N(Cc1ccc(C)cc1)C(=O)COc1ccc(C)c(C)c1. The fourth-order valence-electron chi connectivity index (χ4n) is 2.90. The molecule has 0 saturated heterocycles. The molecule has 0 unspecified atom stereocenters. The molecule has 1 atom stereocenters. The van der Waals surface area contributed by atoms with Gasteiger partial charge in [-0.25, -0.2) is 0 Å². The van der Waals surface area contributed by atoms with Crippen LogP contribution in [0.5, 0.6) is 5.75 Å². The van der Waals surface area contributed by atoms with E-state index >= 15 is 0 Å². The first-order chi connectivity index (χ1) is 13.8. The quantitative estimate of drug-likeness (QED) is 0.699. The molecule has 0 bridgehead atoms. The lowest BCUT2D eigenvalue weighted by Gasteiger charge is -2.28. The summed E-state index contributed by atoms with van der Waals surface area (Å²) >= 11 is 0. The summed E-state index contributed by atoms with van der Waals surface area (Å²) in [6, 6.07) is 13.1. The molecule has 0 aliphatic rings. The van der Waals surface area contributed by atoms with E-state index in [1.165, 1.54) is 5.56 Å². The molecule has 29 heavy (non-hydrogen) atoms. The zero-order valence-corrected chi connectivity index (χ0v) is 18.1. The number of benzene rings is 2. The summed E-state index contributed by atoms with van der Waals surface area (Å²) in [5.41, 5.74) is 4.41. The number of rotatable bonds is 9. The molecule has 0 fully saturated rings. The maximum atomic E-state index is 13.0. The highest BCUT2D eigenvalue weighted by Crippen LogP contribution is 2.17. The first-order valence-electron chi connectivity index (χ1n) is 10.1. The molecule has 0 radical (unpaired) electrons. The normalized spacial score (nSPS) is 11.6. The zero-order valence-electron chi connectivity index (χ0n) is 18.1. The summed E-state index contributed by atoms with van der Waals surface area (Å²) in [6.45, 7) is 10.7. The minimum atomic E-state index is -0.585. The Morgan fingerprint density at radius 3 is 2.34 bits per heavy atom. The molecule has 0 aromatic heterocycles. The van der Waals surface area contributed by atoms with Crippen LogP contribution in [0.2, 0.25) is 0 Å². The number of ether oxygens (including phenoxy) is 1. The molecule has 2 rings (SSSR count). The van der Waals surface area contributed by atoms with Crippen LogP contribution >= 0.6 is 0 Å². The minimum absolute atomic E-state index is 0.111. The second kappa shape index (κ2) is 10.6. The van der Waals surface area contributed by atoms with Crippen LogP contribution in [0.1, 0.15) is 42.5 Å². The minimum Gasteiger partial charge on any atom is -0.484 e. The number of carbonyl (C=O) groups is 2. The number of amides is 2. The Morgan fingerprint density at radius 1 is 1.03 bits per heavy atom. The lowest BCUT2D eigenvalue weighted by Crippen LogP contribution is -2.49. The molecule has 2 amide bonds. The second-order valence-electron chi connectivity index (χ2n) is 7.51. The van der Waals surface area contributed by atoms with Gasteiger partial charge in [0.2, 0.25) is 5.91 Å². The Hall–Kier alpha value is -2.82. The number of carbonyl (C=O) groups excluding carboxylic acids is 2. The molecule has 5 nitrogen and oxygen atoms in total. The Morgan fingerprint density at radius 2 is 1.72 bits per heavy atom.